The fourth-order valence-corrected chi connectivity index (χ4v) is 5.39. The van der Waals surface area contributed by atoms with Gasteiger partial charge in [-0.1, -0.05) is 28.8 Å². The minimum absolute atomic E-state index is 0.0687. The second kappa shape index (κ2) is 11.2. The van der Waals surface area contributed by atoms with Crippen molar-refractivity contribution in [3.63, 3.8) is 0 Å². The topological polar surface area (TPSA) is 71.5 Å². The lowest BCUT2D eigenvalue weighted by molar-refractivity contribution is 0.0131. The third-order valence-corrected chi connectivity index (χ3v) is 7.94. The molecule has 1 N–H and O–H groups in total. The number of aromatic nitrogens is 1. The molecule has 33 heavy (non-hydrogen) atoms. The molecule has 1 aromatic heterocycles. The number of rotatable bonds is 8. The molecular weight excluding hydrogens is 502 g/mol. The summed E-state index contributed by atoms with van der Waals surface area (Å²) in [5.41, 5.74) is 0.224. The molecule has 1 amide bonds. The molecule has 188 valence electrons. The summed E-state index contributed by atoms with van der Waals surface area (Å²) >= 11 is 3.52. The van der Waals surface area contributed by atoms with Gasteiger partial charge in [-0.2, -0.15) is 0 Å². The van der Waals surface area contributed by atoms with Crippen molar-refractivity contribution in [1.82, 2.24) is 14.6 Å². The lowest BCUT2D eigenvalue weighted by Crippen LogP contribution is -2.45. The van der Waals surface area contributed by atoms with Gasteiger partial charge in [0.15, 0.2) is 0 Å². The van der Waals surface area contributed by atoms with Crippen molar-refractivity contribution in [2.24, 2.45) is 5.92 Å². The van der Waals surface area contributed by atoms with Gasteiger partial charge in [-0.25, -0.2) is 13.7 Å². The number of ether oxygens (including phenoxy) is 1. The van der Waals surface area contributed by atoms with Gasteiger partial charge >= 0.3 is 6.09 Å². The van der Waals surface area contributed by atoms with Crippen LogP contribution in [0, 0.1) is 5.92 Å². The molecule has 1 aliphatic rings. The van der Waals surface area contributed by atoms with E-state index in [9.17, 15) is 9.00 Å². The zero-order valence-electron chi connectivity index (χ0n) is 21.5. The molecule has 0 spiro atoms. The maximum absolute atomic E-state index is 12.8. The van der Waals surface area contributed by atoms with Gasteiger partial charge in [-0.15, -0.1) is 0 Å². The highest BCUT2D eigenvalue weighted by molar-refractivity contribution is 9.10. The lowest BCUT2D eigenvalue weighted by Gasteiger charge is -2.33. The number of halogens is 1. The number of hydrogen-bond donors (Lipinski definition) is 1. The van der Waals surface area contributed by atoms with Crippen LogP contribution in [-0.4, -0.2) is 42.6 Å². The van der Waals surface area contributed by atoms with Gasteiger partial charge in [0, 0.05) is 22.8 Å². The first kappa shape index (κ1) is 28.2. The molecule has 2 heterocycles. The Morgan fingerprint density at radius 2 is 1.97 bits per heavy atom. The van der Waals surface area contributed by atoms with Crippen molar-refractivity contribution < 1.29 is 13.7 Å². The zero-order chi connectivity index (χ0) is 25.0. The molecule has 0 radical (unpaired) electrons. The van der Waals surface area contributed by atoms with Gasteiger partial charge in [-0.05, 0) is 92.7 Å². The van der Waals surface area contributed by atoms with Crippen LogP contribution in [0.1, 0.15) is 99.2 Å². The minimum atomic E-state index is -1.17. The van der Waals surface area contributed by atoms with Crippen LogP contribution in [0.25, 0.3) is 0 Å². The zero-order valence-corrected chi connectivity index (χ0v) is 23.9. The van der Waals surface area contributed by atoms with Crippen molar-refractivity contribution in [2.75, 3.05) is 6.54 Å². The number of carbonyl (C=O) groups excluding carboxylic acids is 1. The molecular formula is C25H42BrN3O3S. The molecule has 0 aromatic carbocycles. The van der Waals surface area contributed by atoms with E-state index in [0.717, 1.165) is 48.8 Å². The summed E-state index contributed by atoms with van der Waals surface area (Å²) in [7, 11) is -1.17. The van der Waals surface area contributed by atoms with Crippen molar-refractivity contribution in [2.45, 2.75) is 109 Å². The highest BCUT2D eigenvalue weighted by Gasteiger charge is 2.42. The maximum Gasteiger partial charge on any atom is 0.410 e. The number of pyridine rings is 1. The Morgan fingerprint density at radius 3 is 2.55 bits per heavy atom. The molecule has 1 aliphatic heterocycles. The molecule has 8 heteroatoms. The maximum atomic E-state index is 12.8. The van der Waals surface area contributed by atoms with E-state index >= 15 is 0 Å². The molecule has 1 fully saturated rings. The van der Waals surface area contributed by atoms with E-state index in [2.05, 4.69) is 39.5 Å². The summed E-state index contributed by atoms with van der Waals surface area (Å²) in [6.07, 6.45) is 6.51. The fourth-order valence-electron chi connectivity index (χ4n) is 4.18. The number of nitrogens with zero attached hydrogens (tertiary/aromatic N) is 2. The van der Waals surface area contributed by atoms with E-state index in [4.69, 9.17) is 4.74 Å². The van der Waals surface area contributed by atoms with Gasteiger partial charge in [0.25, 0.3) is 0 Å². The van der Waals surface area contributed by atoms with E-state index < -0.39 is 16.6 Å². The Hall–Kier alpha value is -0.990. The van der Waals surface area contributed by atoms with Gasteiger partial charge in [0.05, 0.1) is 27.5 Å². The largest absolute Gasteiger partial charge is 0.444 e. The number of unbranched alkanes of at least 4 members (excludes halogenated alkanes) is 1. The first-order valence-electron chi connectivity index (χ1n) is 11.9. The smallest absolute Gasteiger partial charge is 0.410 e. The summed E-state index contributed by atoms with van der Waals surface area (Å²) in [4.78, 5) is 19.1. The van der Waals surface area contributed by atoms with Crippen LogP contribution in [0.3, 0.4) is 0 Å². The Labute approximate surface area is 211 Å². The summed E-state index contributed by atoms with van der Waals surface area (Å²) in [6, 6.07) is 3.83. The van der Waals surface area contributed by atoms with E-state index in [1.54, 1.807) is 6.20 Å². The van der Waals surface area contributed by atoms with Gasteiger partial charge in [0.2, 0.25) is 0 Å². The second-order valence-corrected chi connectivity index (χ2v) is 14.6. The molecule has 0 bridgehead atoms. The normalized spacial score (nSPS) is 20.5. The van der Waals surface area contributed by atoms with Gasteiger partial charge < -0.3 is 9.64 Å². The van der Waals surface area contributed by atoms with Gasteiger partial charge in [-0.3, -0.25) is 4.98 Å². The molecule has 0 aliphatic carbocycles. The predicted octanol–water partition coefficient (Wildman–Crippen LogP) is 6.53. The first-order chi connectivity index (χ1) is 15.1. The number of hydrogen-bond acceptors (Lipinski definition) is 4. The highest BCUT2D eigenvalue weighted by atomic mass is 79.9. The SMILES string of the molecule is CC(C)(C)OC(=O)N1C[C@@H](CCCCC(NS(=O)C(C)(C)C)c2cc(Br)ccn2)CC1(C)C. The molecule has 2 unspecified atom stereocenters. The molecule has 1 aromatic rings. The average Bonchev–Trinajstić information content (AvgIpc) is 2.96. The number of carbonyl (C=O) groups is 1. The number of likely N-dealkylation sites (tertiary alicyclic amines) is 1. The van der Waals surface area contributed by atoms with Crippen LogP contribution in [0.2, 0.25) is 0 Å². The van der Waals surface area contributed by atoms with Crippen LogP contribution in [-0.2, 0) is 15.7 Å². The molecule has 6 nitrogen and oxygen atoms in total. The third-order valence-electron chi connectivity index (χ3n) is 5.83. The minimum Gasteiger partial charge on any atom is -0.444 e. The van der Waals surface area contributed by atoms with Crippen molar-refractivity contribution in [1.29, 1.82) is 0 Å². The van der Waals surface area contributed by atoms with Crippen molar-refractivity contribution >= 4 is 33.0 Å². The Kier molecular flexibility index (Phi) is 9.56. The summed E-state index contributed by atoms with van der Waals surface area (Å²) in [5.74, 6) is 0.464. The molecule has 0 saturated carbocycles. The average molecular weight is 545 g/mol. The standard InChI is InChI=1S/C25H42BrN3O3S/c1-23(2,3)32-22(30)29-17-18(16-25(29,7)8)11-9-10-12-20(28-33(31)24(4,5)6)21-15-19(26)13-14-27-21/h13-15,18,20,28H,9-12,16-17H2,1-8H3/t18-,20?,33?/m0/s1. The Bertz CT molecular complexity index is 833. The predicted molar refractivity (Wildman–Crippen MR) is 139 cm³/mol. The quantitative estimate of drug-likeness (QED) is 0.378. The number of amides is 1. The van der Waals surface area contributed by atoms with Crippen molar-refractivity contribution in [3.05, 3.63) is 28.5 Å². The lowest BCUT2D eigenvalue weighted by atomic mass is 9.92. The molecule has 2 rings (SSSR count). The van der Waals surface area contributed by atoms with E-state index in [1.165, 1.54) is 0 Å². The van der Waals surface area contributed by atoms with E-state index in [1.807, 2.05) is 58.6 Å². The van der Waals surface area contributed by atoms with Crippen LogP contribution in [0.15, 0.2) is 22.8 Å². The second-order valence-electron chi connectivity index (χ2n) is 11.7. The third kappa shape index (κ3) is 8.95. The molecule has 3 atom stereocenters. The van der Waals surface area contributed by atoms with E-state index in [0.29, 0.717) is 5.92 Å². The van der Waals surface area contributed by atoms with Crippen LogP contribution >= 0.6 is 15.9 Å². The summed E-state index contributed by atoms with van der Waals surface area (Å²) in [6.45, 7) is 16.6. The van der Waals surface area contributed by atoms with Crippen LogP contribution in [0.5, 0.6) is 0 Å². The van der Waals surface area contributed by atoms with Crippen LogP contribution < -0.4 is 4.72 Å². The van der Waals surface area contributed by atoms with Crippen LogP contribution in [0.4, 0.5) is 4.79 Å². The monoisotopic (exact) mass is 543 g/mol. The van der Waals surface area contributed by atoms with Crippen molar-refractivity contribution in [3.8, 4) is 0 Å². The Morgan fingerprint density at radius 1 is 1.30 bits per heavy atom. The summed E-state index contributed by atoms with van der Waals surface area (Å²) < 4.78 is 22.3. The number of nitrogens with one attached hydrogen (secondary N) is 1. The highest BCUT2D eigenvalue weighted by Crippen LogP contribution is 2.36. The molecule has 1 saturated heterocycles. The van der Waals surface area contributed by atoms with E-state index in [-0.39, 0.29) is 22.4 Å². The first-order valence-corrected chi connectivity index (χ1v) is 13.8. The Balaban J connectivity index is 1.93. The fraction of sp³-hybridized carbons (Fsp3) is 0.760. The van der Waals surface area contributed by atoms with Gasteiger partial charge in [0.1, 0.15) is 5.60 Å². The summed E-state index contributed by atoms with van der Waals surface area (Å²) in [5, 5.41) is 0.